The Bertz CT molecular complexity index is 3890. The van der Waals surface area contributed by atoms with Crippen LogP contribution in [0.2, 0.25) is 0 Å². The molecule has 0 aromatic heterocycles. The van der Waals surface area contributed by atoms with Crippen molar-refractivity contribution in [1.29, 1.82) is 0 Å². The number of ether oxygens (including phenoxy) is 1. The van der Waals surface area contributed by atoms with Gasteiger partial charge in [0, 0.05) is 85.7 Å². The molecular weight excluding hydrogens is 1410 g/mol. The molecule has 1 aliphatic heterocycles. The first-order chi connectivity index (χ1) is 50.4. The number of benzene rings is 11. The average Bonchev–Trinajstić information content (AvgIpc) is 1.23. The Morgan fingerprint density at radius 2 is 0.654 bits per heavy atom. The summed E-state index contributed by atoms with van der Waals surface area (Å²) in [5.41, 5.74) is 21.0. The normalized spacial score (nSPS) is 12.5. The SMILES string of the molecule is CC(C)CN(CC(C)C)c1cc(C(c2ccccc2)c2ccccc2)c(N2[CH-]N(c3c(C(c4ccccc4)c4ccccc4)cc(N(CC(C)C)CC(C)C)cc3C(c3ccccc3)c3ccccc3)CC2)c(C(c2ccccc2)c2ccccc2)c1.CC(C)Oc1ccc([N+](=O)[O-])cc1[CH]=[Ru]([Cl])[Cl]. The van der Waals surface area contributed by atoms with Gasteiger partial charge < -0.3 is 19.6 Å². The van der Waals surface area contributed by atoms with Gasteiger partial charge in [0.15, 0.2) is 0 Å². The molecule has 11 aromatic carbocycles. The van der Waals surface area contributed by atoms with Gasteiger partial charge in [0.1, 0.15) is 0 Å². The third kappa shape index (κ3) is 19.4. The summed E-state index contributed by atoms with van der Waals surface area (Å²) >= 11 is -2.05. The van der Waals surface area contributed by atoms with E-state index in [9.17, 15) is 10.1 Å². The van der Waals surface area contributed by atoms with Crippen LogP contribution >= 0.6 is 19.4 Å². The molecule has 538 valence electrons. The number of rotatable bonds is 28. The van der Waals surface area contributed by atoms with E-state index in [-0.39, 0.29) is 35.5 Å². The molecule has 11 aromatic rings. The Labute approximate surface area is 632 Å². The molecule has 0 spiro atoms. The predicted molar refractivity (Wildman–Crippen MR) is 437 cm³/mol. The third-order valence-electron chi connectivity index (χ3n) is 18.9. The standard InChI is InChI=1S/C83H89N4.C10H11NO3.2ClH.Ru/c1-60(2)55-86(56-61(3)4)72-51-74(78(64-33-17-9-18-34-64)65-35-19-10-20-36-65)82(75(52-72)79(66-37-21-11-22-38-66)67-39-23-12-24-40-67)84-49-50-85(59-84)83-76(80(68-41-25-13-26-42-68)69-43-27-14-28-44-69)53-73(87(57-62(5)6)58-63(7)8)54-77(83)81(70-45-29-15-30-46-70)71-47-31-16-32-48-71;1-7(2)14-10-5-4-9(11(12)13)6-8(10)3;;;/h9-48,51-54,59-63,78-81H,49-50,55-58H2,1-8H3;3-7H,1-2H3;2*1H;/q-1;;;;+2/p-2. The van der Waals surface area contributed by atoms with E-state index < -0.39 is 18.4 Å². The molecule has 0 amide bonds. The van der Waals surface area contributed by atoms with E-state index in [0.717, 1.165) is 39.3 Å². The summed E-state index contributed by atoms with van der Waals surface area (Å²) in [5, 5.41) is 10.7. The molecule has 0 saturated carbocycles. The molecule has 0 aliphatic carbocycles. The van der Waals surface area contributed by atoms with E-state index in [2.05, 4.69) is 349 Å². The van der Waals surface area contributed by atoms with Gasteiger partial charge in [0.2, 0.25) is 0 Å². The van der Waals surface area contributed by atoms with Crippen LogP contribution in [0, 0.1) is 40.5 Å². The molecule has 1 fully saturated rings. The van der Waals surface area contributed by atoms with Crippen LogP contribution in [0.3, 0.4) is 0 Å². The number of nitro benzene ring substituents is 1. The van der Waals surface area contributed by atoms with Crippen LogP contribution in [-0.2, 0) is 13.5 Å². The van der Waals surface area contributed by atoms with Crippen molar-refractivity contribution in [2.45, 2.75) is 99.0 Å². The monoisotopic (exact) mass is 1510 g/mol. The number of nitro groups is 1. The van der Waals surface area contributed by atoms with E-state index in [1.807, 2.05) is 13.8 Å². The summed E-state index contributed by atoms with van der Waals surface area (Å²) < 4.78 is 7.17. The van der Waals surface area contributed by atoms with Crippen molar-refractivity contribution < 1.29 is 23.2 Å². The zero-order chi connectivity index (χ0) is 73.2. The molecular formula is C93H100Cl2N5O3Ru-. The Kier molecular flexibility index (Phi) is 26.7. The Balaban J connectivity index is 0.000000561. The number of anilines is 4. The van der Waals surface area contributed by atoms with Gasteiger partial charge in [-0.2, -0.15) is 6.67 Å². The molecule has 0 unspecified atom stereocenters. The van der Waals surface area contributed by atoms with Crippen molar-refractivity contribution in [3.8, 4) is 5.75 Å². The fourth-order valence-corrected chi connectivity index (χ4v) is 16.7. The molecule has 1 aliphatic rings. The van der Waals surface area contributed by atoms with Crippen molar-refractivity contribution in [1.82, 2.24) is 0 Å². The van der Waals surface area contributed by atoms with Gasteiger partial charge in [0.25, 0.3) is 0 Å². The van der Waals surface area contributed by atoms with E-state index >= 15 is 0 Å². The summed E-state index contributed by atoms with van der Waals surface area (Å²) in [5.74, 6) is 2.03. The van der Waals surface area contributed by atoms with Gasteiger partial charge in [-0.05, 0) is 115 Å². The van der Waals surface area contributed by atoms with Gasteiger partial charge in [0.05, 0.1) is 0 Å². The maximum absolute atomic E-state index is 10.7. The fourth-order valence-electron chi connectivity index (χ4n) is 15.0. The quantitative estimate of drug-likeness (QED) is 0.0159. The van der Waals surface area contributed by atoms with Crippen LogP contribution in [-0.4, -0.2) is 54.9 Å². The van der Waals surface area contributed by atoms with Crippen LogP contribution in [0.15, 0.2) is 285 Å². The van der Waals surface area contributed by atoms with Crippen LogP contribution < -0.4 is 24.3 Å². The summed E-state index contributed by atoms with van der Waals surface area (Å²) in [6.45, 7) is 30.6. The molecule has 1 heterocycles. The minimum atomic E-state index is -2.05. The first-order valence-electron chi connectivity index (χ1n) is 36.8. The summed E-state index contributed by atoms with van der Waals surface area (Å²) in [7, 11) is 11.6. The topological polar surface area (TPSA) is 65.3 Å². The predicted octanol–water partition coefficient (Wildman–Crippen LogP) is 23.5. The molecule has 104 heavy (non-hydrogen) atoms. The summed E-state index contributed by atoms with van der Waals surface area (Å²) in [6.07, 6.45) is -0.0186. The van der Waals surface area contributed by atoms with Gasteiger partial charge in [-0.25, -0.2) is 0 Å². The molecule has 1 saturated heterocycles. The zero-order valence-electron chi connectivity index (χ0n) is 61.8. The molecule has 0 radical (unpaired) electrons. The van der Waals surface area contributed by atoms with Crippen molar-refractivity contribution in [3.05, 3.63) is 374 Å². The van der Waals surface area contributed by atoms with Gasteiger partial charge >= 0.3 is 112 Å². The molecule has 12 rings (SSSR count). The summed E-state index contributed by atoms with van der Waals surface area (Å²) in [6, 6.07) is 105. The van der Waals surface area contributed by atoms with Crippen molar-refractivity contribution in [2.75, 3.05) is 58.9 Å². The molecule has 0 bridgehead atoms. The molecule has 0 atom stereocenters. The van der Waals surface area contributed by atoms with E-state index in [4.69, 9.17) is 24.1 Å². The molecule has 0 N–H and O–H groups in total. The number of hydrogen-bond acceptors (Lipinski definition) is 7. The van der Waals surface area contributed by atoms with Crippen LogP contribution in [0.1, 0.15) is 165 Å². The molecule has 8 nitrogen and oxygen atoms in total. The van der Waals surface area contributed by atoms with Crippen molar-refractivity contribution in [2.24, 2.45) is 23.7 Å². The fraction of sp³-hybridized carbons (Fsp3) is 0.269. The second-order valence-electron chi connectivity index (χ2n) is 29.3. The van der Waals surface area contributed by atoms with Crippen molar-refractivity contribution in [3.63, 3.8) is 0 Å². The second-order valence-corrected chi connectivity index (χ2v) is 35.0. The Hall–Kier alpha value is -9.11. The van der Waals surface area contributed by atoms with Crippen molar-refractivity contribution >= 4 is 52.4 Å². The van der Waals surface area contributed by atoms with Crippen LogP contribution in [0.4, 0.5) is 28.4 Å². The molecule has 11 heteroatoms. The van der Waals surface area contributed by atoms with E-state index in [0.29, 0.717) is 35.0 Å². The Morgan fingerprint density at radius 1 is 0.404 bits per heavy atom. The number of halogens is 2. The Morgan fingerprint density at radius 3 is 0.865 bits per heavy atom. The number of hydrogen-bond donors (Lipinski definition) is 0. The third-order valence-corrected chi connectivity index (χ3v) is 20.7. The van der Waals surface area contributed by atoms with Gasteiger partial charge in [-0.15, -0.1) is 0 Å². The van der Waals surface area contributed by atoms with Crippen LogP contribution in [0.5, 0.6) is 5.75 Å². The number of nitrogens with zero attached hydrogens (tertiary/aromatic N) is 5. The van der Waals surface area contributed by atoms with Gasteiger partial charge in [-0.1, -0.05) is 298 Å². The van der Waals surface area contributed by atoms with E-state index in [1.54, 1.807) is 10.7 Å². The number of non-ortho nitro benzene ring substituents is 1. The second kappa shape index (κ2) is 36.5. The zero-order valence-corrected chi connectivity index (χ0v) is 65.0. The first-order valence-corrected chi connectivity index (χ1v) is 42.3. The summed E-state index contributed by atoms with van der Waals surface area (Å²) in [4.78, 5) is 20.9. The average molecular weight is 1510 g/mol. The van der Waals surface area contributed by atoms with E-state index in [1.165, 1.54) is 102 Å². The minimum absolute atomic E-state index is 0.00360. The van der Waals surface area contributed by atoms with Gasteiger partial charge in [-0.3, -0.25) is 0 Å². The maximum atomic E-state index is 10.7. The van der Waals surface area contributed by atoms with Crippen LogP contribution in [0.25, 0.3) is 0 Å². The first kappa shape index (κ1) is 76.0.